The number of hydrogen-bond donors (Lipinski definition) is 1. The van der Waals surface area contributed by atoms with Crippen LogP contribution in [0.15, 0.2) is 6.07 Å². The zero-order chi connectivity index (χ0) is 11.9. The molecule has 0 unspecified atom stereocenters. The van der Waals surface area contributed by atoms with E-state index in [9.17, 15) is 17.6 Å². The van der Waals surface area contributed by atoms with Crippen molar-refractivity contribution in [3.63, 3.8) is 0 Å². The van der Waals surface area contributed by atoms with Gasteiger partial charge in [-0.1, -0.05) is 12.8 Å². The fourth-order valence-electron chi connectivity index (χ4n) is 1.75. The molecule has 1 aliphatic carbocycles. The van der Waals surface area contributed by atoms with Crippen LogP contribution in [-0.4, -0.2) is 0 Å². The van der Waals surface area contributed by atoms with Gasteiger partial charge in [-0.05, 0) is 12.3 Å². The molecule has 2 N–H and O–H groups in total. The van der Waals surface area contributed by atoms with Crippen LogP contribution in [-0.2, 0) is 0 Å². The zero-order valence-electron chi connectivity index (χ0n) is 8.44. The van der Waals surface area contributed by atoms with E-state index < -0.39 is 34.9 Å². The Morgan fingerprint density at radius 2 is 1.62 bits per heavy atom. The van der Waals surface area contributed by atoms with Gasteiger partial charge in [0.15, 0.2) is 23.3 Å². The first-order valence-electron chi connectivity index (χ1n) is 5.09. The monoisotopic (exact) mass is 233 g/mol. The van der Waals surface area contributed by atoms with Crippen LogP contribution in [0.4, 0.5) is 17.6 Å². The van der Waals surface area contributed by atoms with Crippen LogP contribution >= 0.6 is 0 Å². The highest BCUT2D eigenvalue weighted by molar-refractivity contribution is 5.25. The van der Waals surface area contributed by atoms with Crippen molar-refractivity contribution >= 4 is 0 Å². The van der Waals surface area contributed by atoms with Gasteiger partial charge in [-0.2, -0.15) is 0 Å². The van der Waals surface area contributed by atoms with Crippen LogP contribution in [0.1, 0.15) is 30.9 Å². The molecule has 1 aromatic carbocycles. The Labute approximate surface area is 90.3 Å². The molecule has 1 aliphatic rings. The SMILES string of the molecule is N[C@H](CC1CC1)c1c(F)c(F)cc(F)c1F. The molecule has 16 heavy (non-hydrogen) atoms. The van der Waals surface area contributed by atoms with Crippen molar-refractivity contribution in [2.75, 3.05) is 0 Å². The van der Waals surface area contributed by atoms with Gasteiger partial charge in [0, 0.05) is 17.7 Å². The summed E-state index contributed by atoms with van der Waals surface area (Å²) >= 11 is 0. The van der Waals surface area contributed by atoms with Gasteiger partial charge >= 0.3 is 0 Å². The van der Waals surface area contributed by atoms with E-state index in [1.165, 1.54) is 0 Å². The molecule has 0 bridgehead atoms. The fourth-order valence-corrected chi connectivity index (χ4v) is 1.75. The third kappa shape index (κ3) is 2.04. The summed E-state index contributed by atoms with van der Waals surface area (Å²) in [6, 6.07) is -0.796. The molecule has 1 nitrogen and oxygen atoms in total. The Balaban J connectivity index is 2.36. The Morgan fingerprint density at radius 1 is 1.12 bits per heavy atom. The largest absolute Gasteiger partial charge is 0.324 e. The predicted molar refractivity (Wildman–Crippen MR) is 50.5 cm³/mol. The summed E-state index contributed by atoms with van der Waals surface area (Å²) in [5.41, 5.74) is 4.89. The van der Waals surface area contributed by atoms with Crippen LogP contribution in [0.2, 0.25) is 0 Å². The highest BCUT2D eigenvalue weighted by Gasteiger charge is 2.29. The highest BCUT2D eigenvalue weighted by Crippen LogP contribution is 2.38. The van der Waals surface area contributed by atoms with Crippen molar-refractivity contribution in [3.05, 3.63) is 34.9 Å². The van der Waals surface area contributed by atoms with Crippen LogP contribution in [0, 0.1) is 29.2 Å². The lowest BCUT2D eigenvalue weighted by Gasteiger charge is -2.14. The van der Waals surface area contributed by atoms with Gasteiger partial charge in [0.25, 0.3) is 0 Å². The van der Waals surface area contributed by atoms with E-state index in [1.54, 1.807) is 0 Å². The number of benzene rings is 1. The van der Waals surface area contributed by atoms with Crippen LogP contribution in [0.3, 0.4) is 0 Å². The van der Waals surface area contributed by atoms with Crippen molar-refractivity contribution in [2.45, 2.75) is 25.3 Å². The summed E-state index contributed by atoms with van der Waals surface area (Å²) in [6.07, 6.45) is 2.26. The second-order valence-corrected chi connectivity index (χ2v) is 4.17. The lowest BCUT2D eigenvalue weighted by Crippen LogP contribution is -2.17. The zero-order valence-corrected chi connectivity index (χ0v) is 8.44. The first-order chi connectivity index (χ1) is 7.50. The van der Waals surface area contributed by atoms with E-state index >= 15 is 0 Å². The third-order valence-corrected chi connectivity index (χ3v) is 2.80. The topological polar surface area (TPSA) is 26.0 Å². The second-order valence-electron chi connectivity index (χ2n) is 4.17. The van der Waals surface area contributed by atoms with Crippen molar-refractivity contribution < 1.29 is 17.6 Å². The quantitative estimate of drug-likeness (QED) is 0.630. The van der Waals surface area contributed by atoms with Gasteiger partial charge in [-0.25, -0.2) is 17.6 Å². The Morgan fingerprint density at radius 3 is 2.06 bits per heavy atom. The summed E-state index contributed by atoms with van der Waals surface area (Å²) in [5, 5.41) is 0. The van der Waals surface area contributed by atoms with Gasteiger partial charge in [-0.3, -0.25) is 0 Å². The average Bonchev–Trinajstić information content (AvgIpc) is 2.99. The number of nitrogens with two attached hydrogens (primary N) is 1. The first kappa shape index (κ1) is 11.4. The molecule has 5 heteroatoms. The van der Waals surface area contributed by atoms with Crippen molar-refractivity contribution in [3.8, 4) is 0 Å². The molecule has 1 saturated carbocycles. The molecule has 0 heterocycles. The Kier molecular flexibility index (Phi) is 2.88. The summed E-state index contributed by atoms with van der Waals surface area (Å²) in [5.74, 6) is -5.25. The van der Waals surface area contributed by atoms with E-state index in [0.717, 1.165) is 12.8 Å². The maximum Gasteiger partial charge on any atom is 0.166 e. The summed E-state index contributed by atoms with van der Waals surface area (Å²) in [6.45, 7) is 0. The van der Waals surface area contributed by atoms with E-state index in [-0.39, 0.29) is 6.07 Å². The minimum absolute atomic E-state index is 0.192. The molecule has 0 amide bonds. The van der Waals surface area contributed by atoms with E-state index in [2.05, 4.69) is 0 Å². The third-order valence-electron chi connectivity index (χ3n) is 2.80. The lowest BCUT2D eigenvalue weighted by molar-refractivity contribution is 0.418. The smallest absolute Gasteiger partial charge is 0.166 e. The van der Waals surface area contributed by atoms with E-state index in [4.69, 9.17) is 5.73 Å². The standard InChI is InChI=1S/C11H11F4N/c12-6-4-7(13)11(15)9(10(6)14)8(16)3-5-1-2-5/h4-5,8H,1-3,16H2/t8-/m1/s1. The van der Waals surface area contributed by atoms with Crippen molar-refractivity contribution in [1.29, 1.82) is 0 Å². The summed E-state index contributed by atoms with van der Waals surface area (Å²) in [7, 11) is 0. The molecule has 0 aliphatic heterocycles. The predicted octanol–water partition coefficient (Wildman–Crippen LogP) is 3.04. The molecule has 2 rings (SSSR count). The summed E-state index contributed by atoms with van der Waals surface area (Å²) < 4.78 is 52.4. The normalized spacial score (nSPS) is 17.6. The molecular weight excluding hydrogens is 222 g/mol. The van der Waals surface area contributed by atoms with Crippen LogP contribution in [0.5, 0.6) is 0 Å². The van der Waals surface area contributed by atoms with Gasteiger partial charge in [0.2, 0.25) is 0 Å². The van der Waals surface area contributed by atoms with Gasteiger partial charge in [0.05, 0.1) is 0 Å². The van der Waals surface area contributed by atoms with Crippen LogP contribution < -0.4 is 5.73 Å². The molecule has 0 aromatic heterocycles. The first-order valence-corrected chi connectivity index (χ1v) is 5.09. The van der Waals surface area contributed by atoms with Gasteiger partial charge in [-0.15, -0.1) is 0 Å². The van der Waals surface area contributed by atoms with Gasteiger partial charge in [0.1, 0.15) is 0 Å². The molecule has 0 radical (unpaired) electrons. The highest BCUT2D eigenvalue weighted by atomic mass is 19.2. The molecule has 0 saturated heterocycles. The number of hydrogen-bond acceptors (Lipinski definition) is 1. The van der Waals surface area contributed by atoms with Crippen molar-refractivity contribution in [1.82, 2.24) is 0 Å². The minimum atomic E-state index is -1.40. The Bertz CT molecular complexity index is 389. The number of rotatable bonds is 3. The summed E-state index contributed by atoms with van der Waals surface area (Å²) in [4.78, 5) is 0. The molecular formula is C11H11F4N. The molecule has 0 spiro atoms. The molecule has 1 fully saturated rings. The maximum atomic E-state index is 13.3. The molecule has 88 valence electrons. The van der Waals surface area contributed by atoms with Crippen LogP contribution in [0.25, 0.3) is 0 Å². The number of halogens is 4. The Hall–Kier alpha value is -1.10. The average molecular weight is 233 g/mol. The molecule has 1 atom stereocenters. The second kappa shape index (κ2) is 4.05. The van der Waals surface area contributed by atoms with E-state index in [0.29, 0.717) is 12.3 Å². The molecule has 1 aromatic rings. The van der Waals surface area contributed by atoms with Gasteiger partial charge < -0.3 is 5.73 Å². The van der Waals surface area contributed by atoms with Crippen molar-refractivity contribution in [2.24, 2.45) is 11.7 Å². The maximum absolute atomic E-state index is 13.3. The van der Waals surface area contributed by atoms with E-state index in [1.807, 2.05) is 0 Å². The fraction of sp³-hybridized carbons (Fsp3) is 0.455. The minimum Gasteiger partial charge on any atom is -0.324 e. The lowest BCUT2D eigenvalue weighted by atomic mass is 10.0.